The third-order valence-electron chi connectivity index (χ3n) is 3.09. The van der Waals surface area contributed by atoms with Crippen LogP contribution < -0.4 is 0 Å². The Kier molecular flexibility index (Phi) is 4.27. The van der Waals surface area contributed by atoms with E-state index in [-0.39, 0.29) is 11.3 Å². The van der Waals surface area contributed by atoms with E-state index in [0.29, 0.717) is 0 Å². The van der Waals surface area contributed by atoms with Crippen LogP contribution in [0.3, 0.4) is 0 Å². The van der Waals surface area contributed by atoms with Gasteiger partial charge in [-0.2, -0.15) is 5.10 Å². The first-order valence-corrected chi connectivity index (χ1v) is 6.52. The SMILES string of the molecule is CCn1cc(/C=C/C(=O)c2ccccc2[N+](=O)[O-])c(C)n1. The minimum Gasteiger partial charge on any atom is -0.289 e. The van der Waals surface area contributed by atoms with Gasteiger partial charge < -0.3 is 0 Å². The van der Waals surface area contributed by atoms with Gasteiger partial charge in [-0.25, -0.2) is 0 Å². The summed E-state index contributed by atoms with van der Waals surface area (Å²) in [5.74, 6) is -0.397. The second kappa shape index (κ2) is 6.13. The summed E-state index contributed by atoms with van der Waals surface area (Å²) < 4.78 is 1.77. The van der Waals surface area contributed by atoms with E-state index in [0.717, 1.165) is 17.8 Å². The van der Waals surface area contributed by atoms with E-state index in [1.165, 1.54) is 24.3 Å². The van der Waals surface area contributed by atoms with Crippen LogP contribution in [0.25, 0.3) is 6.08 Å². The summed E-state index contributed by atoms with van der Waals surface area (Å²) in [5, 5.41) is 15.2. The molecule has 0 aliphatic rings. The van der Waals surface area contributed by atoms with Crippen molar-refractivity contribution in [1.82, 2.24) is 9.78 Å². The third-order valence-corrected chi connectivity index (χ3v) is 3.09. The first kappa shape index (κ1) is 14.6. The van der Waals surface area contributed by atoms with Crippen LogP contribution in [0.15, 0.2) is 36.5 Å². The molecule has 21 heavy (non-hydrogen) atoms. The molecule has 0 aliphatic heterocycles. The average Bonchev–Trinajstić information content (AvgIpc) is 2.85. The molecule has 2 aromatic rings. The molecular weight excluding hydrogens is 270 g/mol. The fraction of sp³-hybridized carbons (Fsp3) is 0.200. The second-order valence-electron chi connectivity index (χ2n) is 4.50. The van der Waals surface area contributed by atoms with Crippen LogP contribution in [0, 0.1) is 17.0 Å². The molecule has 6 nitrogen and oxygen atoms in total. The third kappa shape index (κ3) is 3.22. The van der Waals surface area contributed by atoms with Gasteiger partial charge in [-0.3, -0.25) is 19.6 Å². The Morgan fingerprint density at radius 3 is 2.76 bits per heavy atom. The molecule has 0 atom stereocenters. The first-order valence-electron chi connectivity index (χ1n) is 6.52. The van der Waals surface area contributed by atoms with Crippen molar-refractivity contribution in [3.05, 3.63) is 63.5 Å². The molecule has 0 fully saturated rings. The van der Waals surface area contributed by atoms with E-state index in [1.807, 2.05) is 20.0 Å². The summed E-state index contributed by atoms with van der Waals surface area (Å²) in [7, 11) is 0. The molecule has 108 valence electrons. The Morgan fingerprint density at radius 1 is 1.43 bits per heavy atom. The molecule has 2 rings (SSSR count). The van der Waals surface area contributed by atoms with Crippen LogP contribution in [0.1, 0.15) is 28.5 Å². The molecule has 0 spiro atoms. The Hall–Kier alpha value is -2.76. The number of ketones is 1. The highest BCUT2D eigenvalue weighted by atomic mass is 16.6. The first-order chi connectivity index (χ1) is 10.0. The van der Waals surface area contributed by atoms with Crippen molar-refractivity contribution >= 4 is 17.5 Å². The lowest BCUT2D eigenvalue weighted by atomic mass is 10.1. The molecule has 0 saturated carbocycles. The van der Waals surface area contributed by atoms with E-state index >= 15 is 0 Å². The molecule has 0 radical (unpaired) electrons. The maximum Gasteiger partial charge on any atom is 0.280 e. The Labute approximate surface area is 121 Å². The molecule has 0 N–H and O–H groups in total. The summed E-state index contributed by atoms with van der Waals surface area (Å²) in [4.78, 5) is 22.5. The molecule has 0 unspecified atom stereocenters. The highest BCUT2D eigenvalue weighted by molar-refractivity contribution is 6.09. The zero-order valence-corrected chi connectivity index (χ0v) is 11.8. The van der Waals surface area contributed by atoms with Gasteiger partial charge in [-0.15, -0.1) is 0 Å². The number of hydrogen-bond acceptors (Lipinski definition) is 4. The van der Waals surface area contributed by atoms with E-state index in [9.17, 15) is 14.9 Å². The van der Waals surface area contributed by atoms with E-state index in [1.54, 1.807) is 16.8 Å². The molecule has 0 amide bonds. The van der Waals surface area contributed by atoms with Crippen molar-refractivity contribution in [3.8, 4) is 0 Å². The number of carbonyl (C=O) groups is 1. The number of carbonyl (C=O) groups excluding carboxylic acids is 1. The van der Waals surface area contributed by atoms with Gasteiger partial charge in [0, 0.05) is 24.4 Å². The molecule has 1 aromatic carbocycles. The molecule has 0 aliphatic carbocycles. The van der Waals surface area contributed by atoms with Crippen molar-refractivity contribution in [2.24, 2.45) is 0 Å². The number of aromatic nitrogens is 2. The standard InChI is InChI=1S/C15H15N3O3/c1-3-17-10-12(11(2)16-17)8-9-15(19)13-6-4-5-7-14(13)18(20)21/h4-10H,3H2,1-2H3/b9-8+. The summed E-state index contributed by atoms with van der Waals surface area (Å²) in [6, 6.07) is 5.91. The van der Waals surface area contributed by atoms with Crippen molar-refractivity contribution in [1.29, 1.82) is 0 Å². The summed E-state index contributed by atoms with van der Waals surface area (Å²) >= 11 is 0. The molecule has 1 aromatic heterocycles. The highest BCUT2D eigenvalue weighted by Gasteiger charge is 2.17. The van der Waals surface area contributed by atoms with E-state index in [4.69, 9.17) is 0 Å². The lowest BCUT2D eigenvalue weighted by molar-refractivity contribution is -0.385. The number of benzene rings is 1. The van der Waals surface area contributed by atoms with Gasteiger partial charge in [0.25, 0.3) is 5.69 Å². The highest BCUT2D eigenvalue weighted by Crippen LogP contribution is 2.19. The normalized spacial score (nSPS) is 11.0. The molecule has 0 saturated heterocycles. The summed E-state index contributed by atoms with van der Waals surface area (Å²) in [5.41, 5.74) is 1.53. The number of nitrogens with zero attached hydrogens (tertiary/aromatic N) is 3. The number of para-hydroxylation sites is 1. The topological polar surface area (TPSA) is 78.0 Å². The van der Waals surface area contributed by atoms with Crippen molar-refractivity contribution in [3.63, 3.8) is 0 Å². The molecular formula is C15H15N3O3. The maximum absolute atomic E-state index is 12.1. The van der Waals surface area contributed by atoms with Crippen LogP contribution in [0.2, 0.25) is 0 Å². The van der Waals surface area contributed by atoms with Crippen LogP contribution in [-0.4, -0.2) is 20.5 Å². The largest absolute Gasteiger partial charge is 0.289 e. The fourth-order valence-electron chi connectivity index (χ4n) is 1.96. The molecule has 6 heteroatoms. The minimum atomic E-state index is -0.554. The van der Waals surface area contributed by atoms with Crippen LogP contribution in [0.4, 0.5) is 5.69 Å². The number of nitro benzene ring substituents is 1. The van der Waals surface area contributed by atoms with Gasteiger partial charge in [0.05, 0.1) is 16.2 Å². The van der Waals surface area contributed by atoms with E-state index in [2.05, 4.69) is 5.10 Å². The lowest BCUT2D eigenvalue weighted by Gasteiger charge is -1.97. The quantitative estimate of drug-likeness (QED) is 0.366. The number of allylic oxidation sites excluding steroid dienone is 1. The second-order valence-corrected chi connectivity index (χ2v) is 4.50. The van der Waals surface area contributed by atoms with Crippen LogP contribution in [0.5, 0.6) is 0 Å². The maximum atomic E-state index is 12.1. The van der Waals surface area contributed by atoms with Crippen LogP contribution >= 0.6 is 0 Å². The number of hydrogen-bond donors (Lipinski definition) is 0. The van der Waals surface area contributed by atoms with Crippen molar-refractivity contribution < 1.29 is 9.72 Å². The average molecular weight is 285 g/mol. The van der Waals surface area contributed by atoms with Gasteiger partial charge in [-0.1, -0.05) is 12.1 Å². The Morgan fingerprint density at radius 2 is 2.14 bits per heavy atom. The van der Waals surface area contributed by atoms with Gasteiger partial charge in [0.1, 0.15) is 0 Å². The number of rotatable bonds is 5. The van der Waals surface area contributed by atoms with Crippen molar-refractivity contribution in [2.45, 2.75) is 20.4 Å². The van der Waals surface area contributed by atoms with Gasteiger partial charge in [0.15, 0.2) is 5.78 Å². The van der Waals surface area contributed by atoms with Crippen molar-refractivity contribution in [2.75, 3.05) is 0 Å². The number of nitro groups is 1. The molecule has 0 bridgehead atoms. The zero-order chi connectivity index (χ0) is 15.4. The monoisotopic (exact) mass is 285 g/mol. The Bertz CT molecular complexity index is 717. The predicted molar refractivity (Wildman–Crippen MR) is 79.1 cm³/mol. The fourth-order valence-corrected chi connectivity index (χ4v) is 1.96. The van der Waals surface area contributed by atoms with Crippen LogP contribution in [-0.2, 0) is 6.54 Å². The number of aryl methyl sites for hydroxylation is 2. The minimum absolute atomic E-state index is 0.0827. The smallest absolute Gasteiger partial charge is 0.280 e. The summed E-state index contributed by atoms with van der Waals surface area (Å²) in [6.07, 6.45) is 4.80. The van der Waals surface area contributed by atoms with Gasteiger partial charge in [0.2, 0.25) is 0 Å². The zero-order valence-electron chi connectivity index (χ0n) is 11.8. The summed E-state index contributed by atoms with van der Waals surface area (Å²) in [6.45, 7) is 4.56. The lowest BCUT2D eigenvalue weighted by Crippen LogP contribution is -2.00. The van der Waals surface area contributed by atoms with Gasteiger partial charge in [-0.05, 0) is 32.1 Å². The predicted octanol–water partition coefficient (Wildman–Crippen LogP) is 3.02. The Balaban J connectivity index is 2.27. The molecule has 1 heterocycles. The van der Waals surface area contributed by atoms with E-state index < -0.39 is 10.7 Å². The van der Waals surface area contributed by atoms with Gasteiger partial charge >= 0.3 is 0 Å².